The summed E-state index contributed by atoms with van der Waals surface area (Å²) in [5, 5.41) is 13.5. The first kappa shape index (κ1) is 29.1. The highest BCUT2D eigenvalue weighted by Gasteiger charge is 2.32. The molecule has 1 aromatic carbocycles. The van der Waals surface area contributed by atoms with E-state index in [-0.39, 0.29) is 37.3 Å². The molecular formula is C28H32F3N5O4. The molecule has 1 saturated carbocycles. The second-order valence-corrected chi connectivity index (χ2v) is 9.82. The largest absolute Gasteiger partial charge is 0.481 e. The van der Waals surface area contributed by atoms with Gasteiger partial charge in [-0.2, -0.15) is 18.3 Å². The normalized spacial score (nSPS) is 14.2. The van der Waals surface area contributed by atoms with Crippen molar-refractivity contribution < 1.29 is 32.6 Å². The maximum atomic E-state index is 13.4. The van der Waals surface area contributed by atoms with Gasteiger partial charge in [-0.1, -0.05) is 19.3 Å². The number of hydrogen-bond acceptors (Lipinski definition) is 6. The van der Waals surface area contributed by atoms with Crippen LogP contribution in [0.1, 0.15) is 60.1 Å². The van der Waals surface area contributed by atoms with Gasteiger partial charge in [0, 0.05) is 44.2 Å². The van der Waals surface area contributed by atoms with E-state index in [1.807, 2.05) is 12.1 Å². The molecule has 4 rings (SSSR count). The topological polar surface area (TPSA) is 101 Å². The van der Waals surface area contributed by atoms with Crippen LogP contribution in [0.4, 0.5) is 24.5 Å². The molecule has 2 heterocycles. The van der Waals surface area contributed by atoms with Gasteiger partial charge < -0.3 is 19.6 Å². The summed E-state index contributed by atoms with van der Waals surface area (Å²) in [6, 6.07) is 9.02. The van der Waals surface area contributed by atoms with Crippen LogP contribution in [-0.2, 0) is 22.3 Å². The molecule has 0 radical (unpaired) electrons. The van der Waals surface area contributed by atoms with E-state index in [1.165, 1.54) is 16.7 Å². The van der Waals surface area contributed by atoms with E-state index in [0.717, 1.165) is 56.1 Å². The molecule has 0 unspecified atom stereocenters. The lowest BCUT2D eigenvalue weighted by Crippen LogP contribution is -2.33. The Morgan fingerprint density at radius 2 is 1.82 bits per heavy atom. The zero-order chi connectivity index (χ0) is 28.9. The number of aliphatic carboxylic acids is 1. The fraction of sp³-hybridized carbons (Fsp3) is 0.429. The second-order valence-electron chi connectivity index (χ2n) is 9.82. The lowest BCUT2D eigenvalue weighted by Gasteiger charge is -2.36. The molecule has 1 aliphatic rings. The Morgan fingerprint density at radius 3 is 2.45 bits per heavy atom. The molecule has 0 atom stereocenters. The first-order valence-corrected chi connectivity index (χ1v) is 13.1. The van der Waals surface area contributed by atoms with Gasteiger partial charge in [0.15, 0.2) is 5.82 Å². The standard InChI is InChI=1S/C28H32F3N5O4/c1-34(15-13-26(37)38)27(39)19-8-10-22(11-9-19)36(21-6-4-3-5-7-21)24-17-35(33-23(24)18-40-2)25-16-20(12-14-32-25)28(29,30)31/h8-12,14,16-17,21H,3-7,13,15,18H2,1-2H3,(H,37,38). The average molecular weight is 560 g/mol. The van der Waals surface area contributed by atoms with Crippen molar-refractivity contribution >= 4 is 23.3 Å². The van der Waals surface area contributed by atoms with Crippen molar-refractivity contribution in [2.45, 2.75) is 57.3 Å². The Labute approximate surface area is 230 Å². The van der Waals surface area contributed by atoms with Gasteiger partial charge in [-0.05, 0) is 49.2 Å². The highest BCUT2D eigenvalue weighted by molar-refractivity contribution is 5.94. The van der Waals surface area contributed by atoms with Crippen LogP contribution in [0.15, 0.2) is 48.8 Å². The van der Waals surface area contributed by atoms with Crippen LogP contribution < -0.4 is 4.90 Å². The third-order valence-corrected chi connectivity index (χ3v) is 6.96. The van der Waals surface area contributed by atoms with E-state index in [4.69, 9.17) is 9.84 Å². The molecule has 1 aliphatic carbocycles. The summed E-state index contributed by atoms with van der Waals surface area (Å²) in [5.74, 6) is -1.24. The number of carbonyl (C=O) groups excluding carboxylic acids is 1. The zero-order valence-corrected chi connectivity index (χ0v) is 22.4. The Bertz CT molecular complexity index is 1320. The van der Waals surface area contributed by atoms with E-state index in [9.17, 15) is 22.8 Å². The third-order valence-electron chi connectivity index (χ3n) is 6.96. The van der Waals surface area contributed by atoms with Gasteiger partial charge in [-0.25, -0.2) is 9.67 Å². The summed E-state index contributed by atoms with van der Waals surface area (Å²) in [6.45, 7) is 0.225. The van der Waals surface area contributed by atoms with Gasteiger partial charge >= 0.3 is 12.1 Å². The number of alkyl halides is 3. The summed E-state index contributed by atoms with van der Waals surface area (Å²) >= 11 is 0. The van der Waals surface area contributed by atoms with E-state index in [1.54, 1.807) is 25.4 Å². The summed E-state index contributed by atoms with van der Waals surface area (Å²) in [6.07, 6.45) is 3.14. The summed E-state index contributed by atoms with van der Waals surface area (Å²) in [5.41, 5.74) is 1.62. The van der Waals surface area contributed by atoms with Gasteiger partial charge in [0.1, 0.15) is 5.69 Å². The number of hydrogen-bond donors (Lipinski definition) is 1. The summed E-state index contributed by atoms with van der Waals surface area (Å²) < 4.78 is 46.8. The van der Waals surface area contributed by atoms with Crippen molar-refractivity contribution in [1.29, 1.82) is 0 Å². The average Bonchev–Trinajstić information content (AvgIpc) is 3.35. The molecule has 0 spiro atoms. The van der Waals surface area contributed by atoms with Crippen molar-refractivity contribution in [1.82, 2.24) is 19.7 Å². The lowest BCUT2D eigenvalue weighted by atomic mass is 9.93. The maximum Gasteiger partial charge on any atom is 0.416 e. The highest BCUT2D eigenvalue weighted by atomic mass is 19.4. The minimum atomic E-state index is -4.52. The number of benzene rings is 1. The number of aromatic nitrogens is 3. The van der Waals surface area contributed by atoms with Crippen molar-refractivity contribution in [2.75, 3.05) is 25.6 Å². The SMILES string of the molecule is COCc1nn(-c2cc(C(F)(F)F)ccn2)cc1N(c1ccc(C(=O)N(C)CCC(=O)O)cc1)C1CCCCC1. The van der Waals surface area contributed by atoms with E-state index in [2.05, 4.69) is 15.0 Å². The number of carboxylic acid groups (broad SMARTS) is 1. The van der Waals surface area contributed by atoms with E-state index >= 15 is 0 Å². The molecule has 1 fully saturated rings. The first-order chi connectivity index (χ1) is 19.1. The first-order valence-electron chi connectivity index (χ1n) is 13.1. The minimum absolute atomic E-state index is 0.0346. The predicted octanol–water partition coefficient (Wildman–Crippen LogP) is 5.45. The molecule has 0 aliphatic heterocycles. The number of ether oxygens (including phenoxy) is 1. The second kappa shape index (κ2) is 12.5. The molecular weight excluding hydrogens is 527 g/mol. The summed E-state index contributed by atoms with van der Waals surface area (Å²) in [7, 11) is 3.08. The predicted molar refractivity (Wildman–Crippen MR) is 142 cm³/mol. The number of carboxylic acids is 1. The molecule has 9 nitrogen and oxygen atoms in total. The Balaban J connectivity index is 1.71. The van der Waals surface area contributed by atoms with Crippen molar-refractivity contribution in [2.24, 2.45) is 0 Å². The molecule has 12 heteroatoms. The quantitative estimate of drug-likeness (QED) is 0.353. The molecule has 40 heavy (non-hydrogen) atoms. The number of nitrogens with zero attached hydrogens (tertiary/aromatic N) is 5. The number of carbonyl (C=O) groups is 2. The minimum Gasteiger partial charge on any atom is -0.481 e. The van der Waals surface area contributed by atoms with Crippen LogP contribution in [0.25, 0.3) is 5.82 Å². The maximum absolute atomic E-state index is 13.4. The molecule has 2 aromatic heterocycles. The van der Waals surface area contributed by atoms with Crippen molar-refractivity contribution in [3.8, 4) is 5.82 Å². The monoisotopic (exact) mass is 559 g/mol. The number of pyridine rings is 1. The van der Waals surface area contributed by atoms with Gasteiger partial charge in [-0.3, -0.25) is 9.59 Å². The molecule has 3 aromatic rings. The van der Waals surface area contributed by atoms with Gasteiger partial charge in [0.05, 0.1) is 30.5 Å². The number of rotatable bonds is 10. The molecule has 214 valence electrons. The Kier molecular flexibility index (Phi) is 9.08. The van der Waals surface area contributed by atoms with Crippen LogP contribution in [0, 0.1) is 0 Å². The van der Waals surface area contributed by atoms with E-state index < -0.39 is 17.7 Å². The Hall–Kier alpha value is -3.93. The van der Waals surface area contributed by atoms with Crippen LogP contribution in [-0.4, -0.2) is 63.4 Å². The van der Waals surface area contributed by atoms with Gasteiger partial charge in [0.2, 0.25) is 0 Å². The molecule has 1 N–H and O–H groups in total. The number of anilines is 2. The number of halogens is 3. The van der Waals surface area contributed by atoms with Crippen molar-refractivity contribution in [3.05, 3.63) is 65.6 Å². The van der Waals surface area contributed by atoms with Crippen LogP contribution >= 0.6 is 0 Å². The van der Waals surface area contributed by atoms with Gasteiger partial charge in [0.25, 0.3) is 5.91 Å². The van der Waals surface area contributed by atoms with Crippen LogP contribution in [0.5, 0.6) is 0 Å². The van der Waals surface area contributed by atoms with Gasteiger partial charge in [-0.15, -0.1) is 0 Å². The fourth-order valence-corrected chi connectivity index (χ4v) is 4.91. The van der Waals surface area contributed by atoms with Crippen LogP contribution in [0.3, 0.4) is 0 Å². The van der Waals surface area contributed by atoms with E-state index in [0.29, 0.717) is 16.9 Å². The Morgan fingerprint density at radius 1 is 1.12 bits per heavy atom. The zero-order valence-electron chi connectivity index (χ0n) is 22.4. The molecule has 1 amide bonds. The van der Waals surface area contributed by atoms with Crippen molar-refractivity contribution in [3.63, 3.8) is 0 Å². The highest BCUT2D eigenvalue weighted by Crippen LogP contribution is 2.37. The third kappa shape index (κ3) is 6.79. The number of amides is 1. The summed E-state index contributed by atoms with van der Waals surface area (Å²) in [4.78, 5) is 31.3. The lowest BCUT2D eigenvalue weighted by molar-refractivity contribution is -0.138. The molecule has 0 bridgehead atoms. The fourth-order valence-electron chi connectivity index (χ4n) is 4.91. The number of methoxy groups -OCH3 is 1. The van der Waals surface area contributed by atoms with Crippen LogP contribution in [0.2, 0.25) is 0 Å². The smallest absolute Gasteiger partial charge is 0.416 e. The molecule has 0 saturated heterocycles.